The highest BCUT2D eigenvalue weighted by Gasteiger charge is 2.27. The molecule has 0 spiro atoms. The number of carbonyl (C=O) groups is 1. The van der Waals surface area contributed by atoms with E-state index < -0.39 is 6.29 Å². The third kappa shape index (κ3) is 1.93. The second kappa shape index (κ2) is 3.80. The number of cyclic esters (lactones) is 1. The third-order valence-corrected chi connectivity index (χ3v) is 2.12. The number of hydrogen-bond acceptors (Lipinski definition) is 3. The van der Waals surface area contributed by atoms with Gasteiger partial charge >= 0.3 is 5.97 Å². The lowest BCUT2D eigenvalue weighted by atomic mass is 10.2. The minimum atomic E-state index is -0.535. The van der Waals surface area contributed by atoms with Gasteiger partial charge in [-0.15, -0.1) is 0 Å². The van der Waals surface area contributed by atoms with E-state index in [9.17, 15) is 4.79 Å². The van der Waals surface area contributed by atoms with Gasteiger partial charge in [0.2, 0.25) is 6.29 Å². The van der Waals surface area contributed by atoms with Crippen molar-refractivity contribution >= 4 is 5.97 Å². The van der Waals surface area contributed by atoms with E-state index in [1.165, 1.54) is 0 Å². The maximum Gasteiger partial charge on any atom is 0.310 e. The van der Waals surface area contributed by atoms with Crippen LogP contribution in [0.5, 0.6) is 0 Å². The first-order chi connectivity index (χ1) is 6.75. The van der Waals surface area contributed by atoms with E-state index in [-0.39, 0.29) is 12.1 Å². The highest BCUT2D eigenvalue weighted by Crippen LogP contribution is 2.26. The molecular weight excluding hydrogens is 180 g/mol. The summed E-state index contributed by atoms with van der Waals surface area (Å²) in [6.45, 7) is 1.87. The van der Waals surface area contributed by atoms with Gasteiger partial charge in [-0.3, -0.25) is 4.79 Å². The van der Waals surface area contributed by atoms with Gasteiger partial charge in [-0.05, 0) is 6.92 Å². The zero-order valence-corrected chi connectivity index (χ0v) is 7.97. The average molecular weight is 192 g/mol. The Balaban J connectivity index is 2.15. The summed E-state index contributed by atoms with van der Waals surface area (Å²) in [6.07, 6.45) is -0.266. The standard InChI is InChI=1S/C11H12O3/c1-8-7-10(12)14-11(13-8)9-5-3-2-4-6-9/h2-6,8,11H,7H2,1H3. The molecule has 3 nitrogen and oxygen atoms in total. The van der Waals surface area contributed by atoms with Crippen molar-refractivity contribution < 1.29 is 14.3 Å². The second-order valence-electron chi connectivity index (χ2n) is 3.38. The van der Waals surface area contributed by atoms with E-state index in [1.807, 2.05) is 37.3 Å². The van der Waals surface area contributed by atoms with Crippen molar-refractivity contribution in [2.45, 2.75) is 25.7 Å². The van der Waals surface area contributed by atoms with Crippen LogP contribution in [0.3, 0.4) is 0 Å². The zero-order chi connectivity index (χ0) is 9.97. The molecule has 1 heterocycles. The Morgan fingerprint density at radius 2 is 2.00 bits per heavy atom. The van der Waals surface area contributed by atoms with Crippen LogP contribution in [0.15, 0.2) is 30.3 Å². The van der Waals surface area contributed by atoms with Crippen LogP contribution in [0, 0.1) is 0 Å². The van der Waals surface area contributed by atoms with Crippen molar-refractivity contribution in [3.05, 3.63) is 35.9 Å². The summed E-state index contributed by atoms with van der Waals surface area (Å²) in [5, 5.41) is 0. The molecule has 0 aliphatic carbocycles. The van der Waals surface area contributed by atoms with E-state index >= 15 is 0 Å². The topological polar surface area (TPSA) is 35.5 Å². The lowest BCUT2D eigenvalue weighted by Gasteiger charge is -2.27. The van der Waals surface area contributed by atoms with Crippen LogP contribution in [0.4, 0.5) is 0 Å². The fourth-order valence-corrected chi connectivity index (χ4v) is 1.45. The monoisotopic (exact) mass is 192 g/mol. The highest BCUT2D eigenvalue weighted by atomic mass is 16.7. The van der Waals surface area contributed by atoms with E-state index in [4.69, 9.17) is 9.47 Å². The maximum absolute atomic E-state index is 11.2. The normalized spacial score (nSPS) is 27.1. The van der Waals surface area contributed by atoms with Gasteiger partial charge in [-0.1, -0.05) is 30.3 Å². The Labute approximate surface area is 82.6 Å². The minimum Gasteiger partial charge on any atom is -0.431 e. The molecule has 2 rings (SSSR count). The Hall–Kier alpha value is -1.35. The fourth-order valence-electron chi connectivity index (χ4n) is 1.45. The van der Waals surface area contributed by atoms with Crippen molar-refractivity contribution in [2.24, 2.45) is 0 Å². The fraction of sp³-hybridized carbons (Fsp3) is 0.364. The summed E-state index contributed by atoms with van der Waals surface area (Å²) in [4.78, 5) is 11.2. The van der Waals surface area contributed by atoms with Crippen LogP contribution in [-0.4, -0.2) is 12.1 Å². The van der Waals surface area contributed by atoms with Gasteiger partial charge in [0.15, 0.2) is 0 Å². The van der Waals surface area contributed by atoms with Crippen LogP contribution in [0.25, 0.3) is 0 Å². The van der Waals surface area contributed by atoms with Crippen molar-refractivity contribution in [3.63, 3.8) is 0 Å². The smallest absolute Gasteiger partial charge is 0.310 e. The molecule has 1 aliphatic heterocycles. The summed E-state index contributed by atoms with van der Waals surface area (Å²) in [5.41, 5.74) is 0.882. The van der Waals surface area contributed by atoms with Crippen molar-refractivity contribution in [1.82, 2.24) is 0 Å². The second-order valence-corrected chi connectivity index (χ2v) is 3.38. The zero-order valence-electron chi connectivity index (χ0n) is 7.97. The molecule has 1 fully saturated rings. The lowest BCUT2D eigenvalue weighted by Crippen LogP contribution is -2.28. The van der Waals surface area contributed by atoms with Crippen molar-refractivity contribution in [3.8, 4) is 0 Å². The van der Waals surface area contributed by atoms with E-state index in [2.05, 4.69) is 0 Å². The Kier molecular flexibility index (Phi) is 2.50. The van der Waals surface area contributed by atoms with Gasteiger partial charge in [0.05, 0.1) is 12.5 Å². The van der Waals surface area contributed by atoms with Gasteiger partial charge in [0.25, 0.3) is 0 Å². The third-order valence-electron chi connectivity index (χ3n) is 2.12. The maximum atomic E-state index is 11.2. The average Bonchev–Trinajstić information content (AvgIpc) is 2.18. The van der Waals surface area contributed by atoms with Crippen LogP contribution in [0.1, 0.15) is 25.2 Å². The summed E-state index contributed by atoms with van der Waals surface area (Å²) < 4.78 is 10.6. The largest absolute Gasteiger partial charge is 0.431 e. The molecule has 3 heteroatoms. The van der Waals surface area contributed by atoms with Gasteiger partial charge in [0, 0.05) is 5.56 Å². The SMILES string of the molecule is CC1CC(=O)OC(c2ccccc2)O1. The number of ether oxygens (including phenoxy) is 2. The highest BCUT2D eigenvalue weighted by molar-refractivity contribution is 5.70. The Morgan fingerprint density at radius 1 is 1.29 bits per heavy atom. The van der Waals surface area contributed by atoms with Crippen LogP contribution >= 0.6 is 0 Å². The quantitative estimate of drug-likeness (QED) is 0.639. The first-order valence-corrected chi connectivity index (χ1v) is 4.65. The number of esters is 1. The molecule has 1 aromatic rings. The molecule has 2 atom stereocenters. The van der Waals surface area contributed by atoms with Crippen molar-refractivity contribution in [2.75, 3.05) is 0 Å². The molecule has 2 unspecified atom stereocenters. The van der Waals surface area contributed by atoms with Gasteiger partial charge < -0.3 is 9.47 Å². The molecule has 1 aromatic carbocycles. The molecule has 1 aliphatic rings. The molecule has 0 bridgehead atoms. The van der Waals surface area contributed by atoms with Crippen LogP contribution in [0.2, 0.25) is 0 Å². The van der Waals surface area contributed by atoms with Gasteiger partial charge in [0.1, 0.15) is 0 Å². The lowest BCUT2D eigenvalue weighted by molar-refractivity contribution is -0.215. The summed E-state index contributed by atoms with van der Waals surface area (Å²) in [6, 6.07) is 9.47. The van der Waals surface area contributed by atoms with E-state index in [1.54, 1.807) is 0 Å². The van der Waals surface area contributed by atoms with E-state index in [0.29, 0.717) is 6.42 Å². The molecule has 0 N–H and O–H groups in total. The molecule has 0 amide bonds. The van der Waals surface area contributed by atoms with Gasteiger partial charge in [-0.25, -0.2) is 0 Å². The molecule has 74 valence electrons. The van der Waals surface area contributed by atoms with E-state index in [0.717, 1.165) is 5.56 Å². The van der Waals surface area contributed by atoms with Gasteiger partial charge in [-0.2, -0.15) is 0 Å². The van der Waals surface area contributed by atoms with Crippen LogP contribution in [-0.2, 0) is 14.3 Å². The minimum absolute atomic E-state index is 0.0681. The molecular formula is C11H12O3. The summed E-state index contributed by atoms with van der Waals surface area (Å²) in [7, 11) is 0. The van der Waals surface area contributed by atoms with Crippen LogP contribution < -0.4 is 0 Å². The van der Waals surface area contributed by atoms with Crippen molar-refractivity contribution in [1.29, 1.82) is 0 Å². The molecule has 1 saturated heterocycles. The molecule has 0 saturated carbocycles. The Bertz CT molecular complexity index is 321. The molecule has 0 radical (unpaired) electrons. The number of benzene rings is 1. The predicted octanol–water partition coefficient (Wildman–Crippen LogP) is 2.04. The molecule has 0 aromatic heterocycles. The first-order valence-electron chi connectivity index (χ1n) is 4.65. The Morgan fingerprint density at radius 3 is 2.64 bits per heavy atom. The predicted molar refractivity (Wildman–Crippen MR) is 50.4 cm³/mol. The summed E-state index contributed by atoms with van der Waals surface area (Å²) >= 11 is 0. The number of hydrogen-bond donors (Lipinski definition) is 0. The number of rotatable bonds is 1. The number of carbonyl (C=O) groups excluding carboxylic acids is 1. The first kappa shape index (κ1) is 9.21. The molecule has 14 heavy (non-hydrogen) atoms. The summed E-state index contributed by atoms with van der Waals surface area (Å²) in [5.74, 6) is -0.197.